The number of hydrogen-bond acceptors (Lipinski definition) is 6. The van der Waals surface area contributed by atoms with Gasteiger partial charge in [-0.1, -0.05) is 48.5 Å². The van der Waals surface area contributed by atoms with Crippen LogP contribution in [0.1, 0.15) is 36.8 Å². The van der Waals surface area contributed by atoms with E-state index in [1.807, 2.05) is 97.3 Å². The zero-order chi connectivity index (χ0) is 28.1. The lowest BCUT2D eigenvalue weighted by Crippen LogP contribution is -2.53. The predicted molar refractivity (Wildman–Crippen MR) is 159 cm³/mol. The molecule has 0 bridgehead atoms. The third-order valence-corrected chi connectivity index (χ3v) is 7.90. The minimum atomic E-state index is -0.374. The Morgan fingerprint density at radius 2 is 1.59 bits per heavy atom. The van der Waals surface area contributed by atoms with Crippen molar-refractivity contribution in [3.05, 3.63) is 120 Å². The van der Waals surface area contributed by atoms with Crippen molar-refractivity contribution >= 4 is 18.1 Å². The van der Waals surface area contributed by atoms with E-state index in [4.69, 9.17) is 20.3 Å². The largest absolute Gasteiger partial charge is 0.457 e. The molecule has 1 amide bonds. The monoisotopic (exact) mass is 548 g/mol. The summed E-state index contributed by atoms with van der Waals surface area (Å²) in [4.78, 5) is 21.7. The highest BCUT2D eigenvalue weighted by Gasteiger charge is 2.46. The maximum Gasteiger partial charge on any atom is 0.407 e. The third-order valence-electron chi connectivity index (χ3n) is 7.90. The number of amidine groups is 1. The Hall–Kier alpha value is -4.53. The zero-order valence-electron chi connectivity index (χ0n) is 22.9. The van der Waals surface area contributed by atoms with Crippen LogP contribution in [0.15, 0.2) is 119 Å². The Kier molecular flexibility index (Phi) is 7.75. The van der Waals surface area contributed by atoms with Gasteiger partial charge in [-0.2, -0.15) is 10.8 Å². The summed E-state index contributed by atoms with van der Waals surface area (Å²) in [5, 5.41) is 2.94. The smallest absolute Gasteiger partial charge is 0.407 e. The number of carbonyl (C=O) groups excluding carboxylic acids is 1. The number of carbonyl (C=O) groups is 1. The second kappa shape index (κ2) is 11.9. The second-order valence-corrected chi connectivity index (χ2v) is 10.7. The number of rotatable bonds is 8. The Labute approximate surface area is 240 Å². The molecule has 2 aliphatic heterocycles. The molecule has 208 valence electrons. The molecule has 1 atom stereocenters. The normalized spacial score (nSPS) is 23.1. The van der Waals surface area contributed by atoms with E-state index in [0.717, 1.165) is 65.5 Å². The fourth-order valence-corrected chi connectivity index (χ4v) is 5.64. The molecule has 3 aliphatic rings. The van der Waals surface area contributed by atoms with Gasteiger partial charge < -0.3 is 14.8 Å². The number of amides is 1. The van der Waals surface area contributed by atoms with Gasteiger partial charge >= 0.3 is 6.09 Å². The molecule has 41 heavy (non-hydrogen) atoms. The lowest BCUT2D eigenvalue weighted by molar-refractivity contribution is -0.750. The summed E-state index contributed by atoms with van der Waals surface area (Å²) in [7, 11) is 0. The van der Waals surface area contributed by atoms with Crippen molar-refractivity contribution in [3.8, 4) is 11.5 Å². The molecule has 6 rings (SSSR count). The van der Waals surface area contributed by atoms with E-state index in [1.54, 1.807) is 6.20 Å². The maximum atomic E-state index is 12.2. The molecule has 0 saturated heterocycles. The topological polar surface area (TPSA) is 98.3 Å². The van der Waals surface area contributed by atoms with Gasteiger partial charge in [-0.25, -0.2) is 4.79 Å². The van der Waals surface area contributed by atoms with Crippen LogP contribution in [0.25, 0.3) is 0 Å². The summed E-state index contributed by atoms with van der Waals surface area (Å²) in [5.41, 5.74) is 3.83. The number of nitrogens with one attached hydrogen (secondary N) is 1. The molecule has 8 heteroatoms. The van der Waals surface area contributed by atoms with Crippen molar-refractivity contribution in [3.63, 3.8) is 0 Å². The molecular weight excluding hydrogens is 514 g/mol. The van der Waals surface area contributed by atoms with Crippen molar-refractivity contribution in [1.82, 2.24) is 5.32 Å². The number of ether oxygens (including phenoxy) is 2. The van der Waals surface area contributed by atoms with Crippen molar-refractivity contribution in [2.75, 3.05) is 6.54 Å². The molecule has 1 fully saturated rings. The van der Waals surface area contributed by atoms with Gasteiger partial charge in [0.05, 0.1) is 18.0 Å². The Bertz CT molecular complexity index is 1490. The van der Waals surface area contributed by atoms with Crippen molar-refractivity contribution in [1.29, 1.82) is 0 Å². The fraction of sp³-hybridized carbons (Fsp3) is 0.242. The number of nitrogens with zero attached hydrogens (tertiary/aromatic N) is 3. The molecule has 1 aliphatic carbocycles. The highest BCUT2D eigenvalue weighted by molar-refractivity contribution is 6.00. The number of nitrogens with two attached hydrogens (primary N) is 1. The van der Waals surface area contributed by atoms with Gasteiger partial charge in [-0.05, 0) is 73.6 Å². The predicted octanol–water partition coefficient (Wildman–Crippen LogP) is 6.43. The van der Waals surface area contributed by atoms with Crippen LogP contribution in [0, 0.1) is 11.8 Å². The number of quaternary nitrogens is 1. The molecular formula is C33H34N5O3+. The van der Waals surface area contributed by atoms with Crippen LogP contribution in [0.4, 0.5) is 4.79 Å². The van der Waals surface area contributed by atoms with Gasteiger partial charge in [0, 0.05) is 12.5 Å². The molecule has 1 saturated carbocycles. The van der Waals surface area contributed by atoms with Gasteiger partial charge in [0.15, 0.2) is 0 Å². The standard InChI is InChI=1S/C33H33N5O3/c34-38-20-19-35-22-30(38)31(37-32(38)27-15-17-29(18-16-27)41-28-9-5-2-6-10-28)26-13-11-24(12-14-26)21-36-33(39)40-23-25-7-3-1-4-8-25/h1-10,15-20,22,24,26H,11-14,21,23,34H2/p+1. The Morgan fingerprint density at radius 3 is 2.32 bits per heavy atom. The summed E-state index contributed by atoms with van der Waals surface area (Å²) in [6.07, 6.45) is 9.02. The van der Waals surface area contributed by atoms with Gasteiger partial charge in [0.1, 0.15) is 30.0 Å². The van der Waals surface area contributed by atoms with Gasteiger partial charge in [-0.15, -0.1) is 4.59 Å². The van der Waals surface area contributed by atoms with Crippen LogP contribution in [0.5, 0.6) is 11.5 Å². The summed E-state index contributed by atoms with van der Waals surface area (Å²) in [5.74, 6) is 9.95. The molecule has 1 unspecified atom stereocenters. The summed E-state index contributed by atoms with van der Waals surface area (Å²) in [6.45, 7) is 0.883. The number of para-hydroxylation sites is 1. The number of alkyl carbamates (subject to hydrolysis) is 1. The number of allylic oxidation sites excluding steroid dienone is 2. The van der Waals surface area contributed by atoms with Crippen LogP contribution in [-0.2, 0) is 11.3 Å². The van der Waals surface area contributed by atoms with Gasteiger partial charge in [-0.3, -0.25) is 4.99 Å². The molecule has 3 N–H and O–H groups in total. The molecule has 0 aromatic heterocycles. The van der Waals surface area contributed by atoms with Gasteiger partial charge in [0.2, 0.25) is 5.70 Å². The van der Waals surface area contributed by atoms with Crippen molar-refractivity contribution in [2.45, 2.75) is 32.3 Å². The van der Waals surface area contributed by atoms with E-state index in [1.165, 1.54) is 0 Å². The van der Waals surface area contributed by atoms with Crippen molar-refractivity contribution < 1.29 is 18.9 Å². The highest BCUT2D eigenvalue weighted by Crippen LogP contribution is 2.41. The summed E-state index contributed by atoms with van der Waals surface area (Å²) >= 11 is 0. The van der Waals surface area contributed by atoms with Crippen LogP contribution in [-0.4, -0.2) is 29.3 Å². The van der Waals surface area contributed by atoms with E-state index in [0.29, 0.717) is 12.5 Å². The number of benzene rings is 3. The quantitative estimate of drug-likeness (QED) is 0.250. The first kappa shape index (κ1) is 26.7. The summed E-state index contributed by atoms with van der Waals surface area (Å²) < 4.78 is 11.3. The first-order valence-electron chi connectivity index (χ1n) is 14.1. The second-order valence-electron chi connectivity index (χ2n) is 10.7. The van der Waals surface area contributed by atoms with E-state index in [9.17, 15) is 4.79 Å². The number of fused-ring (bicyclic) bond motifs is 1. The van der Waals surface area contributed by atoms with Crippen LogP contribution < -0.4 is 15.9 Å². The SMILES string of the molecule is N[N+]12C=CN=CC1=C(C1CCC(CNC(=O)OCc3ccccc3)CC1)N=C2c1ccc(Oc2ccccc2)cc1. The molecule has 0 radical (unpaired) electrons. The highest BCUT2D eigenvalue weighted by atomic mass is 16.5. The molecule has 3 aromatic rings. The maximum absolute atomic E-state index is 12.2. The first-order chi connectivity index (χ1) is 20.1. The Balaban J connectivity index is 1.08. The van der Waals surface area contributed by atoms with Gasteiger partial charge in [0.25, 0.3) is 5.84 Å². The minimum absolute atomic E-state index is 0.00641. The molecule has 0 spiro atoms. The third kappa shape index (κ3) is 5.99. The summed E-state index contributed by atoms with van der Waals surface area (Å²) in [6, 6.07) is 27.3. The van der Waals surface area contributed by atoms with Crippen LogP contribution >= 0.6 is 0 Å². The molecule has 3 aromatic carbocycles. The minimum Gasteiger partial charge on any atom is -0.457 e. The first-order valence-corrected chi connectivity index (χ1v) is 14.1. The lowest BCUT2D eigenvalue weighted by Gasteiger charge is -2.29. The average Bonchev–Trinajstić information content (AvgIpc) is 3.33. The number of hydrogen-bond donors (Lipinski definition) is 2. The van der Waals surface area contributed by atoms with E-state index < -0.39 is 0 Å². The van der Waals surface area contributed by atoms with E-state index >= 15 is 0 Å². The van der Waals surface area contributed by atoms with Crippen molar-refractivity contribution in [2.24, 2.45) is 27.7 Å². The van der Waals surface area contributed by atoms with Crippen LogP contribution in [0.2, 0.25) is 0 Å². The number of aliphatic imine (C=N–C) groups is 2. The Morgan fingerprint density at radius 1 is 0.902 bits per heavy atom. The zero-order valence-corrected chi connectivity index (χ0v) is 22.9. The molecule has 8 nitrogen and oxygen atoms in total. The fourth-order valence-electron chi connectivity index (χ4n) is 5.64. The lowest BCUT2D eigenvalue weighted by atomic mass is 9.80. The van der Waals surface area contributed by atoms with E-state index in [2.05, 4.69) is 10.3 Å². The average molecular weight is 549 g/mol. The van der Waals surface area contributed by atoms with E-state index in [-0.39, 0.29) is 23.2 Å². The van der Waals surface area contributed by atoms with Crippen LogP contribution in [0.3, 0.4) is 0 Å². The molecule has 2 heterocycles.